The summed E-state index contributed by atoms with van der Waals surface area (Å²) in [5.74, 6) is 0. The molecule has 0 spiro atoms. The zero-order valence-electron chi connectivity index (χ0n) is 12.7. The smallest absolute Gasteiger partial charge is 0.414 e. The number of carbonyl (C=O) groups is 1. The number of hydrogen-bond acceptors (Lipinski definition) is 2. The van der Waals surface area contributed by atoms with Gasteiger partial charge in [0.1, 0.15) is 5.60 Å². The number of amides is 1. The lowest BCUT2D eigenvalue weighted by Gasteiger charge is -2.27. The van der Waals surface area contributed by atoms with E-state index >= 15 is 0 Å². The Hall–Kier alpha value is -1.77. The molecule has 104 valence electrons. The molecule has 0 fully saturated rings. The van der Waals surface area contributed by atoms with Crippen molar-refractivity contribution < 1.29 is 9.53 Å². The van der Waals surface area contributed by atoms with Crippen LogP contribution in [0.4, 0.5) is 10.5 Å². The number of allylic oxidation sites excluding steroid dienone is 1. The summed E-state index contributed by atoms with van der Waals surface area (Å²) < 4.78 is 5.40. The molecule has 0 radical (unpaired) electrons. The van der Waals surface area contributed by atoms with Crippen molar-refractivity contribution in [1.29, 1.82) is 0 Å². The van der Waals surface area contributed by atoms with Gasteiger partial charge in [0.25, 0.3) is 0 Å². The van der Waals surface area contributed by atoms with Crippen molar-refractivity contribution in [2.45, 2.75) is 40.2 Å². The molecule has 1 aromatic carbocycles. The van der Waals surface area contributed by atoms with Crippen molar-refractivity contribution in [3.63, 3.8) is 0 Å². The maximum absolute atomic E-state index is 12.2. The summed E-state index contributed by atoms with van der Waals surface area (Å²) in [6.07, 6.45) is -0.357. The lowest BCUT2D eigenvalue weighted by molar-refractivity contribution is 0.0589. The molecule has 0 atom stereocenters. The number of rotatable bonds is 2. The maximum atomic E-state index is 12.2. The fourth-order valence-electron chi connectivity index (χ4n) is 1.87. The van der Waals surface area contributed by atoms with Gasteiger partial charge in [0.15, 0.2) is 0 Å². The normalized spacial score (nSPS) is 11.1. The van der Waals surface area contributed by atoms with Gasteiger partial charge in [-0.15, -0.1) is 0 Å². The van der Waals surface area contributed by atoms with E-state index in [9.17, 15) is 4.79 Å². The summed E-state index contributed by atoms with van der Waals surface area (Å²) >= 11 is 0. The lowest BCUT2D eigenvalue weighted by atomic mass is 10.0. The third-order valence-electron chi connectivity index (χ3n) is 2.70. The van der Waals surface area contributed by atoms with Gasteiger partial charge in [0.2, 0.25) is 0 Å². The largest absolute Gasteiger partial charge is 0.443 e. The van der Waals surface area contributed by atoms with Crippen LogP contribution in [-0.4, -0.2) is 18.7 Å². The minimum absolute atomic E-state index is 0.357. The summed E-state index contributed by atoms with van der Waals surface area (Å²) in [7, 11) is 1.73. The van der Waals surface area contributed by atoms with Gasteiger partial charge in [0, 0.05) is 12.6 Å². The van der Waals surface area contributed by atoms with E-state index in [-0.39, 0.29) is 6.09 Å². The first-order valence-corrected chi connectivity index (χ1v) is 6.35. The molecule has 19 heavy (non-hydrogen) atoms. The predicted octanol–water partition coefficient (Wildman–Crippen LogP) is 4.40. The Morgan fingerprint density at radius 2 is 1.89 bits per heavy atom. The molecule has 0 N–H and O–H groups in total. The lowest BCUT2D eigenvalue weighted by Crippen LogP contribution is -2.35. The molecule has 0 bridgehead atoms. The van der Waals surface area contributed by atoms with Crippen molar-refractivity contribution in [3.05, 3.63) is 35.9 Å². The Bertz CT molecular complexity index is 498. The SMILES string of the molecule is C=C(C)c1cccc(C)c1N(C)C(=O)OC(C)(C)C. The average Bonchev–Trinajstić information content (AvgIpc) is 2.25. The van der Waals surface area contributed by atoms with E-state index in [0.29, 0.717) is 0 Å². The molecule has 1 aromatic rings. The molecule has 0 aromatic heterocycles. The molecule has 0 saturated heterocycles. The molecule has 3 heteroatoms. The Balaban J connectivity index is 3.16. The predicted molar refractivity (Wildman–Crippen MR) is 80.5 cm³/mol. The van der Waals surface area contributed by atoms with E-state index in [1.54, 1.807) is 11.9 Å². The molecule has 1 rings (SSSR count). The van der Waals surface area contributed by atoms with Crippen LogP contribution in [0.15, 0.2) is 24.8 Å². The topological polar surface area (TPSA) is 29.5 Å². The van der Waals surface area contributed by atoms with Crippen LogP contribution in [0.5, 0.6) is 0 Å². The van der Waals surface area contributed by atoms with E-state index in [1.165, 1.54) is 0 Å². The van der Waals surface area contributed by atoms with Gasteiger partial charge >= 0.3 is 6.09 Å². The third-order valence-corrected chi connectivity index (χ3v) is 2.70. The van der Waals surface area contributed by atoms with E-state index < -0.39 is 5.60 Å². The van der Waals surface area contributed by atoms with E-state index in [0.717, 1.165) is 22.4 Å². The second-order valence-corrected chi connectivity index (χ2v) is 5.79. The highest BCUT2D eigenvalue weighted by Crippen LogP contribution is 2.30. The molecule has 0 heterocycles. The first-order chi connectivity index (χ1) is 8.63. The molecule has 0 unspecified atom stereocenters. The number of carbonyl (C=O) groups excluding carboxylic acids is 1. The molecular weight excluding hydrogens is 238 g/mol. The zero-order valence-corrected chi connectivity index (χ0v) is 12.7. The van der Waals surface area contributed by atoms with Crippen molar-refractivity contribution in [3.8, 4) is 0 Å². The van der Waals surface area contributed by atoms with Crippen LogP contribution < -0.4 is 4.90 Å². The first-order valence-electron chi connectivity index (χ1n) is 6.35. The van der Waals surface area contributed by atoms with Crippen molar-refractivity contribution in [2.75, 3.05) is 11.9 Å². The number of aryl methyl sites for hydroxylation is 1. The van der Waals surface area contributed by atoms with Crippen LogP contribution in [0.1, 0.15) is 38.8 Å². The monoisotopic (exact) mass is 261 g/mol. The van der Waals surface area contributed by atoms with Gasteiger partial charge in [-0.05, 0) is 45.8 Å². The highest BCUT2D eigenvalue weighted by atomic mass is 16.6. The second-order valence-electron chi connectivity index (χ2n) is 5.79. The van der Waals surface area contributed by atoms with Crippen LogP contribution in [0.3, 0.4) is 0 Å². The molecule has 0 aliphatic heterocycles. The van der Waals surface area contributed by atoms with Gasteiger partial charge < -0.3 is 4.74 Å². The summed E-state index contributed by atoms with van der Waals surface area (Å²) in [5.41, 5.74) is 3.26. The Labute approximate surface area is 115 Å². The van der Waals surface area contributed by atoms with Gasteiger partial charge in [-0.1, -0.05) is 24.8 Å². The van der Waals surface area contributed by atoms with Crippen molar-refractivity contribution in [1.82, 2.24) is 0 Å². The molecular formula is C16H23NO2. The van der Waals surface area contributed by atoms with Gasteiger partial charge in [0.05, 0.1) is 5.69 Å². The van der Waals surface area contributed by atoms with Gasteiger partial charge in [-0.25, -0.2) is 4.79 Å². The zero-order chi connectivity index (χ0) is 14.8. The Kier molecular flexibility index (Phi) is 4.40. The standard InChI is InChI=1S/C16H23NO2/c1-11(2)13-10-8-9-12(3)14(13)17(7)15(18)19-16(4,5)6/h8-10H,1H2,2-7H3. The number of anilines is 1. The summed E-state index contributed by atoms with van der Waals surface area (Å²) in [6, 6.07) is 5.90. The molecule has 1 amide bonds. The van der Waals surface area contributed by atoms with Gasteiger partial charge in [-0.3, -0.25) is 4.90 Å². The third kappa shape index (κ3) is 3.85. The quantitative estimate of drug-likeness (QED) is 0.789. The van der Waals surface area contributed by atoms with Crippen LogP contribution in [0.25, 0.3) is 5.57 Å². The number of para-hydroxylation sites is 1. The molecule has 0 aliphatic rings. The minimum Gasteiger partial charge on any atom is -0.443 e. The number of nitrogens with zero attached hydrogens (tertiary/aromatic N) is 1. The Morgan fingerprint density at radius 3 is 2.37 bits per heavy atom. The summed E-state index contributed by atoms with van der Waals surface area (Å²) in [5, 5.41) is 0. The fraction of sp³-hybridized carbons (Fsp3) is 0.438. The minimum atomic E-state index is -0.503. The van der Waals surface area contributed by atoms with E-state index in [2.05, 4.69) is 6.58 Å². The number of hydrogen-bond donors (Lipinski definition) is 0. The van der Waals surface area contributed by atoms with Crippen LogP contribution in [-0.2, 0) is 4.74 Å². The van der Waals surface area contributed by atoms with Crippen LogP contribution >= 0.6 is 0 Å². The summed E-state index contributed by atoms with van der Waals surface area (Å²) in [6.45, 7) is 13.4. The Morgan fingerprint density at radius 1 is 1.32 bits per heavy atom. The molecule has 3 nitrogen and oxygen atoms in total. The second kappa shape index (κ2) is 5.47. The van der Waals surface area contributed by atoms with Crippen LogP contribution in [0, 0.1) is 6.92 Å². The van der Waals surface area contributed by atoms with E-state index in [1.807, 2.05) is 52.8 Å². The molecule has 0 aliphatic carbocycles. The molecule has 0 saturated carbocycles. The average molecular weight is 261 g/mol. The maximum Gasteiger partial charge on any atom is 0.414 e. The number of ether oxygens (including phenoxy) is 1. The highest BCUT2D eigenvalue weighted by Gasteiger charge is 2.23. The summed E-state index contributed by atoms with van der Waals surface area (Å²) in [4.78, 5) is 13.7. The fourth-order valence-corrected chi connectivity index (χ4v) is 1.87. The highest BCUT2D eigenvalue weighted by molar-refractivity contribution is 5.92. The van der Waals surface area contributed by atoms with Crippen LogP contribution in [0.2, 0.25) is 0 Å². The van der Waals surface area contributed by atoms with Crippen molar-refractivity contribution >= 4 is 17.4 Å². The number of benzene rings is 1. The first kappa shape index (κ1) is 15.3. The van der Waals surface area contributed by atoms with E-state index in [4.69, 9.17) is 4.74 Å². The van der Waals surface area contributed by atoms with Crippen molar-refractivity contribution in [2.24, 2.45) is 0 Å². The van der Waals surface area contributed by atoms with Gasteiger partial charge in [-0.2, -0.15) is 0 Å².